The van der Waals surface area contributed by atoms with Crippen molar-refractivity contribution in [1.29, 1.82) is 0 Å². The largest absolute Gasteiger partial charge is 0.433 e. The molecule has 1 aromatic carbocycles. The van der Waals surface area contributed by atoms with Gasteiger partial charge in [-0.3, -0.25) is 9.69 Å². The van der Waals surface area contributed by atoms with Gasteiger partial charge >= 0.3 is 6.18 Å². The second kappa shape index (κ2) is 7.71. The monoisotopic (exact) mass is 417 g/mol. The lowest BCUT2D eigenvalue weighted by Gasteiger charge is -2.34. The lowest BCUT2D eigenvalue weighted by atomic mass is 10.1. The van der Waals surface area contributed by atoms with Crippen molar-refractivity contribution in [2.45, 2.75) is 26.6 Å². The first-order chi connectivity index (χ1) is 14.2. The topological polar surface area (TPSA) is 53.7 Å². The molecule has 1 saturated heterocycles. The number of benzene rings is 1. The Balaban J connectivity index is 1.48. The number of amides is 1. The van der Waals surface area contributed by atoms with Crippen LogP contribution in [-0.2, 0) is 12.7 Å². The minimum Gasteiger partial charge on any atom is -0.335 e. The van der Waals surface area contributed by atoms with Crippen LogP contribution in [0, 0.1) is 13.8 Å². The summed E-state index contributed by atoms with van der Waals surface area (Å²) in [6.07, 6.45) is -4.58. The van der Waals surface area contributed by atoms with E-state index in [0.717, 1.165) is 12.6 Å². The van der Waals surface area contributed by atoms with Crippen LogP contribution in [0.5, 0.6) is 0 Å². The summed E-state index contributed by atoms with van der Waals surface area (Å²) in [4.78, 5) is 20.8. The van der Waals surface area contributed by atoms with E-state index in [1.165, 1.54) is 24.1 Å². The number of rotatable bonds is 3. The first-order valence-electron chi connectivity index (χ1n) is 9.73. The Bertz CT molecular complexity index is 1080. The Morgan fingerprint density at radius 2 is 1.77 bits per heavy atom. The van der Waals surface area contributed by atoms with Crippen LogP contribution in [-0.4, -0.2) is 56.5 Å². The van der Waals surface area contributed by atoms with Crippen molar-refractivity contribution in [3.8, 4) is 0 Å². The molecule has 30 heavy (non-hydrogen) atoms. The van der Waals surface area contributed by atoms with Gasteiger partial charge in [0.15, 0.2) is 11.3 Å². The van der Waals surface area contributed by atoms with Crippen molar-refractivity contribution >= 4 is 11.6 Å². The second-order valence-corrected chi connectivity index (χ2v) is 7.57. The molecular weight excluding hydrogens is 395 g/mol. The normalized spacial score (nSPS) is 15.7. The highest BCUT2D eigenvalue weighted by molar-refractivity contribution is 5.93. The van der Waals surface area contributed by atoms with Crippen molar-refractivity contribution in [3.05, 3.63) is 64.6 Å². The first-order valence-corrected chi connectivity index (χ1v) is 9.73. The zero-order valence-electron chi connectivity index (χ0n) is 16.8. The maximum atomic E-state index is 13.3. The van der Waals surface area contributed by atoms with Crippen LogP contribution >= 0.6 is 0 Å². The van der Waals surface area contributed by atoms with Crippen LogP contribution in [0.2, 0.25) is 0 Å². The van der Waals surface area contributed by atoms with Gasteiger partial charge in [-0.2, -0.15) is 18.3 Å². The highest BCUT2D eigenvalue weighted by Crippen LogP contribution is 2.30. The fraction of sp³-hybridized carbons (Fsp3) is 0.381. The molecule has 0 spiro atoms. The Hall–Kier alpha value is -2.94. The van der Waals surface area contributed by atoms with Gasteiger partial charge in [0.1, 0.15) is 5.69 Å². The quantitative estimate of drug-likeness (QED) is 0.656. The van der Waals surface area contributed by atoms with Crippen LogP contribution in [0.4, 0.5) is 13.2 Å². The smallest absolute Gasteiger partial charge is 0.335 e. The number of piperazine rings is 1. The fourth-order valence-electron chi connectivity index (χ4n) is 3.71. The highest BCUT2D eigenvalue weighted by atomic mass is 19.4. The predicted octanol–water partition coefficient (Wildman–Crippen LogP) is 3.32. The second-order valence-electron chi connectivity index (χ2n) is 7.57. The number of hydrogen-bond donors (Lipinski definition) is 0. The number of alkyl halides is 3. The summed E-state index contributed by atoms with van der Waals surface area (Å²) in [6, 6.07) is 10.4. The zero-order valence-corrected chi connectivity index (χ0v) is 16.8. The third-order valence-corrected chi connectivity index (χ3v) is 5.38. The summed E-state index contributed by atoms with van der Waals surface area (Å²) in [7, 11) is 0. The van der Waals surface area contributed by atoms with E-state index in [1.807, 2.05) is 12.1 Å². The van der Waals surface area contributed by atoms with E-state index in [-0.39, 0.29) is 22.9 Å². The van der Waals surface area contributed by atoms with Gasteiger partial charge in [-0.15, -0.1) is 0 Å². The van der Waals surface area contributed by atoms with Gasteiger partial charge in [0.25, 0.3) is 5.91 Å². The number of halogens is 3. The number of aryl methyl sites for hydroxylation is 2. The molecule has 158 valence electrons. The van der Waals surface area contributed by atoms with Gasteiger partial charge in [-0.1, -0.05) is 24.3 Å². The SMILES string of the molecule is Cc1cc(C(F)(F)F)n2nc(C(=O)N3CCN(Cc4ccccc4C)CC3)cc2n1. The molecule has 0 N–H and O–H groups in total. The maximum Gasteiger partial charge on any atom is 0.433 e. The standard InChI is InChI=1S/C21H22F3N5O/c1-14-5-3-4-6-16(14)13-27-7-9-28(10-8-27)20(30)17-12-19-25-15(2)11-18(21(22,23)24)29(19)26-17/h3-6,11-12H,7-10,13H2,1-2H3. The van der Waals surface area contributed by atoms with E-state index in [9.17, 15) is 18.0 Å². The van der Waals surface area contributed by atoms with Crippen LogP contribution in [0.25, 0.3) is 5.65 Å². The molecule has 6 nitrogen and oxygen atoms in total. The average Bonchev–Trinajstić information content (AvgIpc) is 3.12. The summed E-state index contributed by atoms with van der Waals surface area (Å²) in [5, 5.41) is 3.92. The molecule has 0 atom stereocenters. The lowest BCUT2D eigenvalue weighted by molar-refractivity contribution is -0.142. The van der Waals surface area contributed by atoms with Gasteiger partial charge in [-0.25, -0.2) is 9.50 Å². The Morgan fingerprint density at radius 3 is 2.43 bits per heavy atom. The molecule has 0 saturated carbocycles. The summed E-state index contributed by atoms with van der Waals surface area (Å²) < 4.78 is 40.7. The number of carbonyl (C=O) groups excluding carboxylic acids is 1. The molecule has 1 aliphatic rings. The molecule has 0 bridgehead atoms. The summed E-state index contributed by atoms with van der Waals surface area (Å²) in [6.45, 7) is 6.74. The number of hydrogen-bond acceptors (Lipinski definition) is 4. The van der Waals surface area contributed by atoms with E-state index in [1.54, 1.807) is 4.90 Å². The Kier molecular flexibility index (Phi) is 5.23. The number of nitrogens with zero attached hydrogens (tertiary/aromatic N) is 5. The molecule has 3 heterocycles. The molecule has 0 radical (unpaired) electrons. The van der Waals surface area contributed by atoms with Crippen molar-refractivity contribution in [2.24, 2.45) is 0 Å². The molecular formula is C21H22F3N5O. The van der Waals surface area contributed by atoms with E-state index < -0.39 is 11.9 Å². The summed E-state index contributed by atoms with van der Waals surface area (Å²) in [5.41, 5.74) is 1.75. The molecule has 1 aliphatic heterocycles. The molecule has 3 aromatic rings. The maximum absolute atomic E-state index is 13.3. The molecule has 0 unspecified atom stereocenters. The summed E-state index contributed by atoms with van der Waals surface area (Å²) >= 11 is 0. The third kappa shape index (κ3) is 4.02. The van der Waals surface area contributed by atoms with Crippen LogP contribution in [0.3, 0.4) is 0 Å². The minimum absolute atomic E-state index is 0.0175. The van der Waals surface area contributed by atoms with Gasteiger partial charge < -0.3 is 4.90 Å². The Morgan fingerprint density at radius 1 is 1.07 bits per heavy atom. The minimum atomic E-state index is -4.58. The van der Waals surface area contributed by atoms with E-state index in [0.29, 0.717) is 30.7 Å². The van der Waals surface area contributed by atoms with Crippen LogP contribution in [0.1, 0.15) is 33.0 Å². The Labute approximate surface area is 171 Å². The number of aromatic nitrogens is 3. The average molecular weight is 417 g/mol. The van der Waals surface area contributed by atoms with Gasteiger partial charge in [-0.05, 0) is 31.0 Å². The number of fused-ring (bicyclic) bond motifs is 1. The summed E-state index contributed by atoms with van der Waals surface area (Å²) in [5.74, 6) is -0.373. The van der Waals surface area contributed by atoms with E-state index >= 15 is 0 Å². The molecule has 1 fully saturated rings. The van der Waals surface area contributed by atoms with Gasteiger partial charge in [0.2, 0.25) is 0 Å². The predicted molar refractivity (Wildman–Crippen MR) is 105 cm³/mol. The van der Waals surface area contributed by atoms with Crippen molar-refractivity contribution in [2.75, 3.05) is 26.2 Å². The lowest BCUT2D eigenvalue weighted by Crippen LogP contribution is -2.48. The zero-order chi connectivity index (χ0) is 21.5. The third-order valence-electron chi connectivity index (χ3n) is 5.38. The molecule has 0 aliphatic carbocycles. The van der Waals surface area contributed by atoms with E-state index in [2.05, 4.69) is 34.0 Å². The first kappa shape index (κ1) is 20.3. The number of carbonyl (C=O) groups is 1. The molecule has 4 rings (SSSR count). The van der Waals surface area contributed by atoms with Gasteiger partial charge in [0.05, 0.1) is 0 Å². The molecule has 9 heteroatoms. The highest BCUT2D eigenvalue weighted by Gasteiger charge is 2.35. The van der Waals surface area contributed by atoms with Crippen molar-refractivity contribution in [3.63, 3.8) is 0 Å². The van der Waals surface area contributed by atoms with Gasteiger partial charge in [0, 0.05) is 44.5 Å². The fourth-order valence-corrected chi connectivity index (χ4v) is 3.71. The van der Waals surface area contributed by atoms with Crippen molar-refractivity contribution in [1.82, 2.24) is 24.4 Å². The van der Waals surface area contributed by atoms with E-state index in [4.69, 9.17) is 0 Å². The molecule has 2 aromatic heterocycles. The van der Waals surface area contributed by atoms with Crippen LogP contribution < -0.4 is 0 Å². The van der Waals surface area contributed by atoms with Crippen molar-refractivity contribution < 1.29 is 18.0 Å². The molecule has 1 amide bonds. The van der Waals surface area contributed by atoms with Crippen LogP contribution in [0.15, 0.2) is 36.4 Å².